The molecule has 0 aromatic rings. The molecule has 0 aliphatic carbocycles. The molecule has 3 nitrogen and oxygen atoms in total. The van der Waals surface area contributed by atoms with Gasteiger partial charge in [0.05, 0.1) is 6.54 Å². The Morgan fingerprint density at radius 2 is 1.64 bits per heavy atom. The van der Waals surface area contributed by atoms with Gasteiger partial charge in [-0.25, -0.2) is 0 Å². The van der Waals surface area contributed by atoms with E-state index in [-0.39, 0.29) is 6.29 Å². The zero-order valence-corrected chi connectivity index (χ0v) is 10.9. The Labute approximate surface area is 95.0 Å². The van der Waals surface area contributed by atoms with E-state index in [2.05, 4.69) is 4.99 Å². The van der Waals surface area contributed by atoms with Gasteiger partial charge in [0.1, 0.15) is 4.38 Å². The first-order valence-electron chi connectivity index (χ1n) is 4.64. The molecule has 0 heterocycles. The maximum Gasteiger partial charge on any atom is 0.176 e. The Balaban J connectivity index is 3.94. The van der Waals surface area contributed by atoms with Crippen molar-refractivity contribution in [3.05, 3.63) is 0 Å². The van der Waals surface area contributed by atoms with E-state index in [4.69, 9.17) is 9.47 Å². The Kier molecular flexibility index (Phi) is 10.0. The van der Waals surface area contributed by atoms with Crippen molar-refractivity contribution in [1.82, 2.24) is 0 Å². The van der Waals surface area contributed by atoms with Gasteiger partial charge in [0.2, 0.25) is 0 Å². The molecule has 84 valence electrons. The highest BCUT2D eigenvalue weighted by Gasteiger charge is 2.06. The Hall–Kier alpha value is 0.290. The lowest BCUT2D eigenvalue weighted by atomic mass is 10.6. The summed E-state index contributed by atoms with van der Waals surface area (Å²) in [5.41, 5.74) is 0. The zero-order valence-electron chi connectivity index (χ0n) is 9.28. The van der Waals surface area contributed by atoms with Gasteiger partial charge in [-0.1, -0.05) is 0 Å². The molecule has 0 unspecified atom stereocenters. The van der Waals surface area contributed by atoms with Crippen molar-refractivity contribution in [1.29, 1.82) is 0 Å². The standard InChI is InChI=1S/C9H19NO2S2/c1-5-11-8(12-6-2)7-10-9(13-3)14-4/h8H,5-7H2,1-4H3. The summed E-state index contributed by atoms with van der Waals surface area (Å²) in [4.78, 5) is 4.39. The van der Waals surface area contributed by atoms with Crippen LogP contribution < -0.4 is 0 Å². The van der Waals surface area contributed by atoms with Crippen molar-refractivity contribution in [2.45, 2.75) is 20.1 Å². The highest BCUT2D eigenvalue weighted by atomic mass is 32.2. The second-order valence-electron chi connectivity index (χ2n) is 2.36. The molecule has 0 rings (SSSR count). The average Bonchev–Trinajstić information content (AvgIpc) is 2.20. The smallest absolute Gasteiger partial charge is 0.176 e. The monoisotopic (exact) mass is 237 g/mol. The SMILES string of the molecule is CCOC(CN=C(SC)SC)OCC. The average molecular weight is 237 g/mol. The molecule has 0 atom stereocenters. The second-order valence-corrected chi connectivity index (χ2v) is 4.20. The van der Waals surface area contributed by atoms with Gasteiger partial charge in [0.15, 0.2) is 6.29 Å². The fraction of sp³-hybridized carbons (Fsp3) is 0.889. The molecule has 0 spiro atoms. The lowest BCUT2D eigenvalue weighted by molar-refractivity contribution is -0.128. The molecule has 14 heavy (non-hydrogen) atoms. The fourth-order valence-corrected chi connectivity index (χ4v) is 1.96. The maximum absolute atomic E-state index is 5.37. The van der Waals surface area contributed by atoms with E-state index in [0.29, 0.717) is 19.8 Å². The van der Waals surface area contributed by atoms with E-state index in [1.165, 1.54) is 0 Å². The van der Waals surface area contributed by atoms with Crippen LogP contribution in [-0.4, -0.2) is 42.9 Å². The molecule has 0 radical (unpaired) electrons. The van der Waals surface area contributed by atoms with Crippen molar-refractivity contribution >= 4 is 27.9 Å². The van der Waals surface area contributed by atoms with Crippen LogP contribution in [0, 0.1) is 0 Å². The predicted molar refractivity (Wildman–Crippen MR) is 66.4 cm³/mol. The molecule has 5 heteroatoms. The Bertz CT molecular complexity index is 153. The topological polar surface area (TPSA) is 30.8 Å². The largest absolute Gasteiger partial charge is 0.351 e. The number of hydrogen-bond acceptors (Lipinski definition) is 5. The number of ether oxygens (including phenoxy) is 2. The first kappa shape index (κ1) is 14.3. The van der Waals surface area contributed by atoms with E-state index in [9.17, 15) is 0 Å². The third kappa shape index (κ3) is 6.70. The molecular weight excluding hydrogens is 218 g/mol. The number of nitrogens with zero attached hydrogens (tertiary/aromatic N) is 1. The molecule has 0 saturated heterocycles. The third-order valence-corrected chi connectivity index (χ3v) is 3.38. The highest BCUT2D eigenvalue weighted by molar-refractivity contribution is 8.38. The van der Waals surface area contributed by atoms with Gasteiger partial charge in [0.25, 0.3) is 0 Å². The van der Waals surface area contributed by atoms with Crippen molar-refractivity contribution in [2.24, 2.45) is 4.99 Å². The first-order chi connectivity index (χ1) is 6.78. The van der Waals surface area contributed by atoms with Crippen LogP contribution in [0.5, 0.6) is 0 Å². The molecular formula is C9H19NO2S2. The van der Waals surface area contributed by atoms with E-state index in [1.54, 1.807) is 23.5 Å². The van der Waals surface area contributed by atoms with Crippen LogP contribution in [0.2, 0.25) is 0 Å². The minimum absolute atomic E-state index is 0.195. The van der Waals surface area contributed by atoms with E-state index in [0.717, 1.165) is 4.38 Å². The summed E-state index contributed by atoms with van der Waals surface area (Å²) in [6, 6.07) is 0. The van der Waals surface area contributed by atoms with Crippen LogP contribution in [0.1, 0.15) is 13.8 Å². The molecule has 0 aromatic carbocycles. The normalized spacial score (nSPS) is 10.6. The molecule has 0 aliphatic rings. The van der Waals surface area contributed by atoms with Crippen LogP contribution in [0.15, 0.2) is 4.99 Å². The highest BCUT2D eigenvalue weighted by Crippen LogP contribution is 2.11. The van der Waals surface area contributed by atoms with E-state index < -0.39 is 0 Å². The quantitative estimate of drug-likeness (QED) is 0.403. The predicted octanol–water partition coefficient (Wildman–Crippen LogP) is 2.47. The van der Waals surface area contributed by atoms with Gasteiger partial charge < -0.3 is 9.47 Å². The van der Waals surface area contributed by atoms with Gasteiger partial charge in [-0.2, -0.15) is 0 Å². The number of rotatable bonds is 6. The summed E-state index contributed by atoms with van der Waals surface area (Å²) in [5.74, 6) is 0. The fourth-order valence-electron chi connectivity index (χ4n) is 0.887. The Morgan fingerprint density at radius 3 is 2.00 bits per heavy atom. The van der Waals surface area contributed by atoms with Crippen LogP contribution in [0.25, 0.3) is 0 Å². The lowest BCUT2D eigenvalue weighted by Crippen LogP contribution is -2.21. The number of hydrogen-bond donors (Lipinski definition) is 0. The van der Waals surface area contributed by atoms with Gasteiger partial charge in [0, 0.05) is 13.2 Å². The lowest BCUT2D eigenvalue weighted by Gasteiger charge is -2.14. The number of aliphatic imine (C=N–C) groups is 1. The van der Waals surface area contributed by atoms with Crippen LogP contribution in [0.4, 0.5) is 0 Å². The summed E-state index contributed by atoms with van der Waals surface area (Å²) < 4.78 is 11.8. The first-order valence-corrected chi connectivity index (χ1v) is 7.09. The molecule has 0 aromatic heterocycles. The molecule has 0 bridgehead atoms. The summed E-state index contributed by atoms with van der Waals surface area (Å²) in [7, 11) is 0. The summed E-state index contributed by atoms with van der Waals surface area (Å²) in [5, 5.41) is 0. The molecule has 0 saturated carbocycles. The minimum Gasteiger partial charge on any atom is -0.351 e. The minimum atomic E-state index is -0.195. The summed E-state index contributed by atoms with van der Waals surface area (Å²) >= 11 is 3.30. The molecule has 0 fully saturated rings. The molecule has 0 N–H and O–H groups in total. The van der Waals surface area contributed by atoms with Crippen LogP contribution in [-0.2, 0) is 9.47 Å². The summed E-state index contributed by atoms with van der Waals surface area (Å²) in [6.07, 6.45) is 3.84. The van der Waals surface area contributed by atoms with Gasteiger partial charge in [-0.15, -0.1) is 23.5 Å². The second kappa shape index (κ2) is 9.83. The number of thioether (sulfide) groups is 2. The Morgan fingerprint density at radius 1 is 1.14 bits per heavy atom. The van der Waals surface area contributed by atoms with Crippen molar-refractivity contribution in [3.63, 3.8) is 0 Å². The van der Waals surface area contributed by atoms with Crippen LogP contribution >= 0.6 is 23.5 Å². The van der Waals surface area contributed by atoms with Gasteiger partial charge in [-0.05, 0) is 26.4 Å². The van der Waals surface area contributed by atoms with Crippen molar-refractivity contribution in [3.8, 4) is 0 Å². The molecule has 0 amide bonds. The van der Waals surface area contributed by atoms with E-state index >= 15 is 0 Å². The molecule has 0 aliphatic heterocycles. The van der Waals surface area contributed by atoms with Crippen molar-refractivity contribution in [2.75, 3.05) is 32.3 Å². The zero-order chi connectivity index (χ0) is 10.8. The summed E-state index contributed by atoms with van der Waals surface area (Å²) in [6.45, 7) is 5.82. The maximum atomic E-state index is 5.37. The van der Waals surface area contributed by atoms with Crippen molar-refractivity contribution < 1.29 is 9.47 Å². The van der Waals surface area contributed by atoms with Gasteiger partial charge in [-0.3, -0.25) is 4.99 Å². The van der Waals surface area contributed by atoms with Gasteiger partial charge >= 0.3 is 0 Å². The van der Waals surface area contributed by atoms with E-state index in [1.807, 2.05) is 26.4 Å². The third-order valence-electron chi connectivity index (χ3n) is 1.42. The van der Waals surface area contributed by atoms with Crippen LogP contribution in [0.3, 0.4) is 0 Å².